The number of aliphatic hydroxyl groups is 1. The van der Waals surface area contributed by atoms with E-state index in [1.165, 1.54) is 38.3 Å². The molecule has 0 unspecified atom stereocenters. The molecule has 0 radical (unpaired) electrons. The number of carboxylic acids is 1. The number of methoxy groups -OCH3 is 1. The summed E-state index contributed by atoms with van der Waals surface area (Å²) in [5.41, 5.74) is 0.325. The van der Waals surface area contributed by atoms with Gasteiger partial charge < -0.3 is 20.3 Å². The monoisotopic (exact) mass is 442 g/mol. The largest absolute Gasteiger partial charge is 0.497 e. The highest BCUT2D eigenvalue weighted by molar-refractivity contribution is 7.92. The van der Waals surface area contributed by atoms with E-state index in [2.05, 4.69) is 5.32 Å². The van der Waals surface area contributed by atoms with Gasteiger partial charge in [-0.3, -0.25) is 9.10 Å². The fourth-order valence-corrected chi connectivity index (χ4v) is 4.11. The molecule has 2 aromatic carbocycles. The van der Waals surface area contributed by atoms with Crippen LogP contribution in [0.1, 0.15) is 6.92 Å². The minimum Gasteiger partial charge on any atom is -0.497 e. The average molecular weight is 443 g/mol. The van der Waals surface area contributed by atoms with Gasteiger partial charge in [-0.1, -0.05) is 11.6 Å². The number of hydrogen-bond donors (Lipinski definition) is 3. The van der Waals surface area contributed by atoms with Crippen molar-refractivity contribution >= 4 is 33.3 Å². The van der Waals surface area contributed by atoms with E-state index in [9.17, 15) is 18.3 Å². The smallest absolute Gasteiger partial charge is 0.320 e. The lowest BCUT2D eigenvalue weighted by molar-refractivity contribution is -0.139. The Morgan fingerprint density at radius 2 is 1.76 bits per heavy atom. The van der Waals surface area contributed by atoms with Gasteiger partial charge in [0.15, 0.2) is 0 Å². The van der Waals surface area contributed by atoms with Gasteiger partial charge in [-0.25, -0.2) is 8.42 Å². The maximum Gasteiger partial charge on any atom is 0.320 e. The van der Waals surface area contributed by atoms with Crippen LogP contribution >= 0.6 is 11.6 Å². The molecule has 0 saturated carbocycles. The summed E-state index contributed by atoms with van der Waals surface area (Å²) in [6.45, 7) is 1.05. The van der Waals surface area contributed by atoms with Crippen molar-refractivity contribution in [3.05, 3.63) is 53.6 Å². The van der Waals surface area contributed by atoms with E-state index in [1.54, 1.807) is 24.3 Å². The third kappa shape index (κ3) is 6.07. The SMILES string of the molecule is COc1ccc(N(C[C@@H](O)CN[C@@H](C)C(=O)O)S(=O)(=O)c2ccc(Cl)cc2)cc1. The van der Waals surface area contributed by atoms with Crippen molar-refractivity contribution in [2.45, 2.75) is 24.0 Å². The molecule has 0 aliphatic rings. The minimum atomic E-state index is -4.01. The van der Waals surface area contributed by atoms with Crippen LogP contribution in [0.15, 0.2) is 53.4 Å². The molecule has 0 fully saturated rings. The van der Waals surface area contributed by atoms with Crippen molar-refractivity contribution in [2.24, 2.45) is 0 Å². The van der Waals surface area contributed by atoms with Crippen LogP contribution in [0.3, 0.4) is 0 Å². The summed E-state index contributed by atoms with van der Waals surface area (Å²) in [5, 5.41) is 22.3. The Hall–Kier alpha value is -2.33. The third-order valence-electron chi connectivity index (χ3n) is 4.17. The van der Waals surface area contributed by atoms with Crippen LogP contribution in [0.5, 0.6) is 5.75 Å². The third-order valence-corrected chi connectivity index (χ3v) is 6.23. The quantitative estimate of drug-likeness (QED) is 0.515. The number of carbonyl (C=O) groups is 1. The summed E-state index contributed by atoms with van der Waals surface area (Å²) in [7, 11) is -2.51. The van der Waals surface area contributed by atoms with Gasteiger partial charge in [-0.15, -0.1) is 0 Å². The summed E-state index contributed by atoms with van der Waals surface area (Å²) >= 11 is 5.85. The van der Waals surface area contributed by atoms with Crippen molar-refractivity contribution in [2.75, 3.05) is 24.5 Å². The lowest BCUT2D eigenvalue weighted by Gasteiger charge is -2.27. The van der Waals surface area contributed by atoms with Gasteiger partial charge in [0.25, 0.3) is 10.0 Å². The number of nitrogens with one attached hydrogen (secondary N) is 1. The van der Waals surface area contributed by atoms with E-state index in [1.807, 2.05) is 0 Å². The molecule has 8 nitrogen and oxygen atoms in total. The molecule has 2 atom stereocenters. The molecule has 2 rings (SSSR count). The minimum absolute atomic E-state index is 0.0109. The number of halogens is 1. The number of hydrogen-bond acceptors (Lipinski definition) is 6. The van der Waals surface area contributed by atoms with Gasteiger partial charge in [-0.05, 0) is 55.5 Å². The Bertz CT molecular complexity index is 919. The van der Waals surface area contributed by atoms with E-state index in [-0.39, 0.29) is 18.0 Å². The number of aliphatic hydroxyl groups excluding tert-OH is 1. The average Bonchev–Trinajstić information content (AvgIpc) is 2.70. The molecule has 0 bridgehead atoms. The summed E-state index contributed by atoms with van der Waals surface area (Å²) in [6, 6.07) is 11.1. The summed E-state index contributed by atoms with van der Waals surface area (Å²) < 4.78 is 32.6. The Kier molecular flexibility index (Phi) is 7.86. The topological polar surface area (TPSA) is 116 Å². The second-order valence-electron chi connectivity index (χ2n) is 6.31. The van der Waals surface area contributed by atoms with Crippen LogP contribution in [0.4, 0.5) is 5.69 Å². The maximum absolute atomic E-state index is 13.2. The highest BCUT2D eigenvalue weighted by Gasteiger charge is 2.27. The number of carboxylic acid groups (broad SMARTS) is 1. The predicted octanol–water partition coefficient (Wildman–Crippen LogP) is 1.97. The highest BCUT2D eigenvalue weighted by Crippen LogP contribution is 2.26. The number of ether oxygens (including phenoxy) is 1. The lowest BCUT2D eigenvalue weighted by atomic mass is 10.2. The Morgan fingerprint density at radius 3 is 2.28 bits per heavy atom. The van der Waals surface area contributed by atoms with Gasteiger partial charge in [0, 0.05) is 11.6 Å². The molecule has 0 aliphatic carbocycles. The molecule has 0 aromatic heterocycles. The first kappa shape index (κ1) is 23.0. The fourth-order valence-electron chi connectivity index (χ4n) is 2.48. The summed E-state index contributed by atoms with van der Waals surface area (Å²) in [5.74, 6) is -0.520. The van der Waals surface area contributed by atoms with Crippen molar-refractivity contribution in [3.63, 3.8) is 0 Å². The molecule has 0 heterocycles. The summed E-state index contributed by atoms with van der Waals surface area (Å²) in [4.78, 5) is 10.9. The highest BCUT2D eigenvalue weighted by atomic mass is 35.5. The molecule has 0 amide bonds. The number of sulfonamides is 1. The number of rotatable bonds is 10. The number of benzene rings is 2. The molecule has 0 aliphatic heterocycles. The first-order chi connectivity index (χ1) is 13.6. The van der Waals surface area contributed by atoms with Crippen LogP contribution in [0.25, 0.3) is 0 Å². The molecule has 158 valence electrons. The van der Waals surface area contributed by atoms with Gasteiger partial charge in [0.2, 0.25) is 0 Å². The van der Waals surface area contributed by atoms with Gasteiger partial charge in [-0.2, -0.15) is 0 Å². The molecule has 10 heteroatoms. The van der Waals surface area contributed by atoms with Crippen LogP contribution in [-0.2, 0) is 14.8 Å². The Morgan fingerprint density at radius 1 is 1.17 bits per heavy atom. The van der Waals surface area contributed by atoms with Crippen LogP contribution < -0.4 is 14.4 Å². The molecule has 0 spiro atoms. The molecular weight excluding hydrogens is 420 g/mol. The van der Waals surface area contributed by atoms with E-state index in [0.29, 0.717) is 16.5 Å². The molecular formula is C19H23ClN2O6S. The predicted molar refractivity (Wildman–Crippen MR) is 110 cm³/mol. The number of anilines is 1. The Labute approximate surface area is 174 Å². The second kappa shape index (κ2) is 9.93. The van der Waals surface area contributed by atoms with Crippen LogP contribution in [0, 0.1) is 0 Å². The van der Waals surface area contributed by atoms with E-state index in [0.717, 1.165) is 4.31 Å². The van der Waals surface area contributed by atoms with E-state index < -0.39 is 28.1 Å². The number of nitrogens with zero attached hydrogens (tertiary/aromatic N) is 1. The summed E-state index contributed by atoms with van der Waals surface area (Å²) in [6.07, 6.45) is -1.15. The molecule has 0 saturated heterocycles. The van der Waals surface area contributed by atoms with Crippen molar-refractivity contribution < 1.29 is 28.2 Å². The van der Waals surface area contributed by atoms with Gasteiger partial charge in [0.1, 0.15) is 11.8 Å². The Balaban J connectivity index is 2.32. The van der Waals surface area contributed by atoms with E-state index in [4.69, 9.17) is 21.4 Å². The zero-order chi connectivity index (χ0) is 21.6. The lowest BCUT2D eigenvalue weighted by Crippen LogP contribution is -2.45. The zero-order valence-electron chi connectivity index (χ0n) is 15.9. The van der Waals surface area contributed by atoms with Gasteiger partial charge >= 0.3 is 5.97 Å². The standard InChI is InChI=1S/C19H23ClN2O6S/c1-13(19(24)25)21-11-16(23)12-22(15-5-7-17(28-2)8-6-15)29(26,27)18-9-3-14(20)4-10-18/h3-10,13,16,21,23H,11-12H2,1-2H3,(H,24,25)/t13-,16-/m0/s1. The normalized spacial score (nSPS) is 13.5. The zero-order valence-corrected chi connectivity index (χ0v) is 17.5. The second-order valence-corrected chi connectivity index (χ2v) is 8.61. The van der Waals surface area contributed by atoms with Crippen molar-refractivity contribution in [3.8, 4) is 5.75 Å². The molecule has 29 heavy (non-hydrogen) atoms. The first-order valence-electron chi connectivity index (χ1n) is 8.71. The molecule has 3 N–H and O–H groups in total. The van der Waals surface area contributed by atoms with Gasteiger partial charge in [0.05, 0.1) is 30.3 Å². The van der Waals surface area contributed by atoms with Crippen molar-refractivity contribution in [1.82, 2.24) is 5.32 Å². The maximum atomic E-state index is 13.2. The van der Waals surface area contributed by atoms with Crippen LogP contribution in [-0.4, -0.2) is 56.9 Å². The number of aliphatic carboxylic acids is 1. The van der Waals surface area contributed by atoms with E-state index >= 15 is 0 Å². The van der Waals surface area contributed by atoms with Crippen molar-refractivity contribution in [1.29, 1.82) is 0 Å². The fraction of sp³-hybridized carbons (Fsp3) is 0.316. The first-order valence-corrected chi connectivity index (χ1v) is 10.5. The van der Waals surface area contributed by atoms with Crippen LogP contribution in [0.2, 0.25) is 5.02 Å². The molecule has 2 aromatic rings.